The first kappa shape index (κ1) is 27.1. The van der Waals surface area contributed by atoms with Crippen molar-refractivity contribution in [2.75, 3.05) is 13.2 Å². The maximum absolute atomic E-state index is 7.62. The van der Waals surface area contributed by atoms with E-state index in [1.54, 1.807) is 0 Å². The Hall–Kier alpha value is -0.120. The minimum atomic E-state index is -0.125. The highest BCUT2D eigenvalue weighted by molar-refractivity contribution is 4.87. The Morgan fingerprint density at radius 2 is 0.880 bits per heavy atom. The zero-order valence-electron chi connectivity index (χ0n) is 18.2. The molecule has 0 fully saturated rings. The summed E-state index contributed by atoms with van der Waals surface area (Å²) in [6.07, 6.45) is 15.0. The topological polar surface area (TPSA) is 49.7 Å². The molecule has 0 aliphatic heterocycles. The van der Waals surface area contributed by atoms with Crippen molar-refractivity contribution in [1.29, 1.82) is 0 Å². The van der Waals surface area contributed by atoms with Crippen LogP contribution < -0.4 is 0 Å². The summed E-state index contributed by atoms with van der Waals surface area (Å²) in [6, 6.07) is 0. The second-order valence-corrected chi connectivity index (χ2v) is 7.24. The van der Waals surface area contributed by atoms with Crippen molar-refractivity contribution in [2.24, 2.45) is 0 Å². The largest absolute Gasteiger partial charge is 0.394 e. The average molecular weight is 361 g/mol. The highest BCUT2D eigenvalue weighted by atomic mass is 16.5. The van der Waals surface area contributed by atoms with Gasteiger partial charge in [0.25, 0.3) is 0 Å². The number of rotatable bonds is 15. The number of hydrogen-bond donors (Lipinski definition) is 2. The third kappa shape index (κ3) is 12.0. The SMILES string of the molecule is CCCCCC(CC)(CC)OC(CC)(CC)CCCCC.OCCO. The molecule has 0 unspecified atom stereocenters. The smallest absolute Gasteiger partial charge is 0.0684 e. The predicted molar refractivity (Wildman–Crippen MR) is 110 cm³/mol. The molecule has 0 spiro atoms. The first-order valence-corrected chi connectivity index (χ1v) is 10.9. The molecular weight excluding hydrogens is 312 g/mol. The fourth-order valence-electron chi connectivity index (χ4n) is 3.45. The van der Waals surface area contributed by atoms with E-state index < -0.39 is 0 Å². The quantitative estimate of drug-likeness (QED) is 0.339. The van der Waals surface area contributed by atoms with Gasteiger partial charge >= 0.3 is 0 Å². The van der Waals surface area contributed by atoms with Crippen molar-refractivity contribution < 1.29 is 14.9 Å². The Labute approximate surface area is 158 Å². The van der Waals surface area contributed by atoms with Crippen molar-refractivity contribution in [1.82, 2.24) is 0 Å². The summed E-state index contributed by atoms with van der Waals surface area (Å²) in [7, 11) is 0. The van der Waals surface area contributed by atoms with Gasteiger partial charge in [0.15, 0.2) is 0 Å². The van der Waals surface area contributed by atoms with Gasteiger partial charge in [0.2, 0.25) is 0 Å². The molecule has 0 saturated carbocycles. The molecule has 0 aromatic carbocycles. The number of unbranched alkanes of at least 4 members (excludes halogenated alkanes) is 4. The van der Waals surface area contributed by atoms with Gasteiger partial charge in [0.05, 0.1) is 24.4 Å². The number of hydrogen-bond acceptors (Lipinski definition) is 3. The second kappa shape index (κ2) is 17.3. The van der Waals surface area contributed by atoms with Crippen molar-refractivity contribution >= 4 is 0 Å². The summed E-state index contributed by atoms with van der Waals surface area (Å²) in [6.45, 7) is 13.6. The molecule has 0 rings (SSSR count). The van der Waals surface area contributed by atoms with Crippen LogP contribution in [0.25, 0.3) is 0 Å². The third-order valence-electron chi connectivity index (χ3n) is 5.58. The number of aliphatic hydroxyl groups is 2. The maximum Gasteiger partial charge on any atom is 0.0684 e. The van der Waals surface area contributed by atoms with E-state index in [9.17, 15) is 0 Å². The summed E-state index contributed by atoms with van der Waals surface area (Å²) >= 11 is 0. The fraction of sp³-hybridized carbons (Fsp3) is 1.00. The molecule has 3 heteroatoms. The van der Waals surface area contributed by atoms with E-state index >= 15 is 0 Å². The molecule has 0 aliphatic rings. The molecule has 0 amide bonds. The molecule has 0 heterocycles. The lowest BCUT2D eigenvalue weighted by atomic mass is 9.85. The summed E-state index contributed by atoms with van der Waals surface area (Å²) in [5.74, 6) is 0. The van der Waals surface area contributed by atoms with Crippen LogP contribution in [-0.2, 0) is 4.74 Å². The van der Waals surface area contributed by atoms with Crippen LogP contribution in [0.2, 0.25) is 0 Å². The van der Waals surface area contributed by atoms with Crippen LogP contribution in [0.1, 0.15) is 119 Å². The fourth-order valence-corrected chi connectivity index (χ4v) is 3.45. The molecule has 0 aromatic rings. The Morgan fingerprint density at radius 3 is 1.08 bits per heavy atom. The third-order valence-corrected chi connectivity index (χ3v) is 5.58. The highest BCUT2D eigenvalue weighted by Crippen LogP contribution is 2.38. The van der Waals surface area contributed by atoms with Gasteiger partial charge in [-0.05, 0) is 38.5 Å². The minimum absolute atomic E-state index is 0.118. The van der Waals surface area contributed by atoms with E-state index in [1.165, 1.54) is 51.4 Å². The summed E-state index contributed by atoms with van der Waals surface area (Å²) < 4.78 is 6.92. The molecule has 0 atom stereocenters. The maximum atomic E-state index is 7.62. The molecule has 3 nitrogen and oxygen atoms in total. The van der Waals surface area contributed by atoms with Gasteiger partial charge in [0.1, 0.15) is 0 Å². The Morgan fingerprint density at radius 1 is 0.560 bits per heavy atom. The molecule has 25 heavy (non-hydrogen) atoms. The zero-order chi connectivity index (χ0) is 19.6. The van der Waals surface area contributed by atoms with Gasteiger partial charge in [-0.25, -0.2) is 0 Å². The molecule has 0 radical (unpaired) electrons. The highest BCUT2D eigenvalue weighted by Gasteiger charge is 2.37. The average Bonchev–Trinajstić information content (AvgIpc) is 2.66. The minimum Gasteiger partial charge on any atom is -0.394 e. The van der Waals surface area contributed by atoms with Crippen molar-refractivity contribution in [2.45, 2.75) is 130 Å². The van der Waals surface area contributed by atoms with E-state index in [-0.39, 0.29) is 24.4 Å². The first-order chi connectivity index (χ1) is 12.0. The van der Waals surface area contributed by atoms with Crippen LogP contribution in [0.4, 0.5) is 0 Å². The van der Waals surface area contributed by atoms with Crippen LogP contribution in [0.3, 0.4) is 0 Å². The van der Waals surface area contributed by atoms with Crippen molar-refractivity contribution in [3.8, 4) is 0 Å². The van der Waals surface area contributed by atoms with Crippen molar-refractivity contribution in [3.05, 3.63) is 0 Å². The molecule has 0 aliphatic carbocycles. The first-order valence-electron chi connectivity index (χ1n) is 10.9. The van der Waals surface area contributed by atoms with Gasteiger partial charge in [0, 0.05) is 0 Å². The molecule has 2 N–H and O–H groups in total. The van der Waals surface area contributed by atoms with Gasteiger partial charge in [-0.3, -0.25) is 0 Å². The Kier molecular flexibility index (Phi) is 18.8. The lowest BCUT2D eigenvalue weighted by Gasteiger charge is -2.44. The van der Waals surface area contributed by atoms with E-state index in [4.69, 9.17) is 14.9 Å². The molecule has 0 aromatic heterocycles. The van der Waals surface area contributed by atoms with Crippen LogP contribution >= 0.6 is 0 Å². The number of aliphatic hydroxyl groups excluding tert-OH is 2. The van der Waals surface area contributed by atoms with Gasteiger partial charge in [-0.1, -0.05) is 80.1 Å². The molecule has 154 valence electrons. The van der Waals surface area contributed by atoms with Crippen LogP contribution in [0.5, 0.6) is 0 Å². The van der Waals surface area contributed by atoms with E-state index in [2.05, 4.69) is 41.5 Å². The van der Waals surface area contributed by atoms with Crippen molar-refractivity contribution in [3.63, 3.8) is 0 Å². The molecule has 0 bridgehead atoms. The predicted octanol–water partition coefficient (Wildman–Crippen LogP) is 6.25. The normalized spacial score (nSPS) is 12.0. The van der Waals surface area contributed by atoms with Gasteiger partial charge in [-0.15, -0.1) is 0 Å². The Bertz CT molecular complexity index is 232. The lowest BCUT2D eigenvalue weighted by molar-refractivity contribution is -0.173. The molecule has 0 saturated heterocycles. The van der Waals surface area contributed by atoms with Crippen LogP contribution in [0, 0.1) is 0 Å². The van der Waals surface area contributed by atoms with Crippen LogP contribution in [-0.4, -0.2) is 34.6 Å². The van der Waals surface area contributed by atoms with Gasteiger partial charge < -0.3 is 14.9 Å². The summed E-state index contributed by atoms with van der Waals surface area (Å²) in [5, 5.41) is 15.2. The van der Waals surface area contributed by atoms with E-state index in [0.717, 1.165) is 25.7 Å². The van der Waals surface area contributed by atoms with E-state index in [1.807, 2.05) is 0 Å². The summed E-state index contributed by atoms with van der Waals surface area (Å²) in [5.41, 5.74) is 0.237. The monoisotopic (exact) mass is 360 g/mol. The molecular formula is C22H48O3. The summed E-state index contributed by atoms with van der Waals surface area (Å²) in [4.78, 5) is 0. The lowest BCUT2D eigenvalue weighted by Crippen LogP contribution is -2.43. The Balaban J connectivity index is 0. The van der Waals surface area contributed by atoms with E-state index in [0.29, 0.717) is 0 Å². The number of ether oxygens (including phenoxy) is 1. The second-order valence-electron chi connectivity index (χ2n) is 7.24. The van der Waals surface area contributed by atoms with Crippen LogP contribution in [0.15, 0.2) is 0 Å². The standard InChI is InChI=1S/C20H42O.C2H6O2/c1-7-13-15-17-19(9-3,10-4)21-20(11-5,12-6)18-16-14-8-2;3-1-2-4/h7-18H2,1-6H3;3-4H,1-2H2. The zero-order valence-corrected chi connectivity index (χ0v) is 18.2. The van der Waals surface area contributed by atoms with Gasteiger partial charge in [-0.2, -0.15) is 0 Å².